The number of nitrogens with zero attached hydrogens (tertiary/aromatic N) is 1. The molecule has 3 rings (SSSR count). The van der Waals surface area contributed by atoms with Crippen LogP contribution in [0.3, 0.4) is 0 Å². The van der Waals surface area contributed by atoms with Crippen LogP contribution in [0.15, 0.2) is 24.3 Å². The highest BCUT2D eigenvalue weighted by Crippen LogP contribution is 2.46. The standard InChI is InChI=1S/C19H26N4O4/c1-14(24)21-15-2-4-16(5-3-15)22-18(26)19(6-7-19)17(25)20-8-9-23-10-12-27-13-11-23/h2-5H,6-13H2,1H3,(H,20,25)(H,21,24)(H,22,26). The average Bonchev–Trinajstić information content (AvgIpc) is 3.46. The number of carbonyl (C=O) groups excluding carboxylic acids is 3. The Morgan fingerprint density at radius 2 is 1.59 bits per heavy atom. The van der Waals surface area contributed by atoms with Crippen molar-refractivity contribution in [2.45, 2.75) is 19.8 Å². The fourth-order valence-electron chi connectivity index (χ4n) is 3.09. The molecule has 1 aliphatic carbocycles. The van der Waals surface area contributed by atoms with Crippen molar-refractivity contribution in [3.63, 3.8) is 0 Å². The molecular weight excluding hydrogens is 348 g/mol. The molecule has 1 saturated heterocycles. The minimum absolute atomic E-state index is 0.155. The molecule has 0 unspecified atom stereocenters. The van der Waals surface area contributed by atoms with Crippen molar-refractivity contribution in [3.8, 4) is 0 Å². The third-order valence-corrected chi connectivity index (χ3v) is 4.90. The first kappa shape index (κ1) is 19.3. The van der Waals surface area contributed by atoms with E-state index in [1.807, 2.05) is 0 Å². The molecule has 2 fully saturated rings. The second kappa shape index (κ2) is 8.49. The normalized spacial score (nSPS) is 18.4. The van der Waals surface area contributed by atoms with E-state index in [2.05, 4.69) is 20.9 Å². The maximum Gasteiger partial charge on any atom is 0.240 e. The third-order valence-electron chi connectivity index (χ3n) is 4.90. The number of carbonyl (C=O) groups is 3. The Morgan fingerprint density at radius 1 is 1.00 bits per heavy atom. The van der Waals surface area contributed by atoms with E-state index in [4.69, 9.17) is 4.74 Å². The number of anilines is 2. The zero-order valence-electron chi connectivity index (χ0n) is 15.5. The molecule has 0 aromatic heterocycles. The molecule has 3 N–H and O–H groups in total. The first-order chi connectivity index (χ1) is 13.0. The number of amides is 3. The lowest BCUT2D eigenvalue weighted by atomic mass is 10.0. The van der Waals surface area contributed by atoms with E-state index in [9.17, 15) is 14.4 Å². The summed E-state index contributed by atoms with van der Waals surface area (Å²) in [7, 11) is 0. The van der Waals surface area contributed by atoms with Crippen LogP contribution in [0, 0.1) is 5.41 Å². The van der Waals surface area contributed by atoms with Crippen LogP contribution in [0.5, 0.6) is 0 Å². The second-order valence-electron chi connectivity index (χ2n) is 7.00. The quantitative estimate of drug-likeness (QED) is 0.614. The smallest absolute Gasteiger partial charge is 0.240 e. The fraction of sp³-hybridized carbons (Fsp3) is 0.526. The number of rotatable bonds is 7. The molecule has 146 valence electrons. The zero-order chi connectivity index (χ0) is 19.3. The number of hydrogen-bond donors (Lipinski definition) is 3. The predicted octanol–water partition coefficient (Wildman–Crippen LogP) is 0.812. The van der Waals surface area contributed by atoms with Gasteiger partial charge in [0.25, 0.3) is 0 Å². The number of morpholine rings is 1. The first-order valence-electron chi connectivity index (χ1n) is 9.27. The predicted molar refractivity (Wildman–Crippen MR) is 101 cm³/mol. The van der Waals surface area contributed by atoms with Gasteiger partial charge in [0.2, 0.25) is 17.7 Å². The van der Waals surface area contributed by atoms with E-state index in [0.717, 1.165) is 32.8 Å². The Hall–Kier alpha value is -2.45. The Labute approximate surface area is 158 Å². The van der Waals surface area contributed by atoms with Crippen LogP contribution < -0.4 is 16.0 Å². The topological polar surface area (TPSA) is 99.8 Å². The lowest BCUT2D eigenvalue weighted by Gasteiger charge is -2.26. The summed E-state index contributed by atoms with van der Waals surface area (Å²) in [6, 6.07) is 6.82. The van der Waals surface area contributed by atoms with Gasteiger partial charge in [-0.25, -0.2) is 0 Å². The molecule has 1 aromatic rings. The summed E-state index contributed by atoms with van der Waals surface area (Å²) in [6.45, 7) is 5.91. The molecule has 8 nitrogen and oxygen atoms in total. The van der Waals surface area contributed by atoms with Gasteiger partial charge >= 0.3 is 0 Å². The monoisotopic (exact) mass is 374 g/mol. The summed E-state index contributed by atoms with van der Waals surface area (Å²) in [5.74, 6) is -0.640. The van der Waals surface area contributed by atoms with Crippen LogP contribution >= 0.6 is 0 Å². The summed E-state index contributed by atoms with van der Waals surface area (Å²) in [5.41, 5.74) is 0.297. The van der Waals surface area contributed by atoms with Crippen LogP contribution in [-0.4, -0.2) is 62.0 Å². The fourth-order valence-corrected chi connectivity index (χ4v) is 3.09. The molecule has 3 amide bonds. The molecule has 0 atom stereocenters. The SMILES string of the molecule is CC(=O)Nc1ccc(NC(=O)C2(C(=O)NCCN3CCOCC3)CC2)cc1. The highest BCUT2D eigenvalue weighted by Gasteiger charge is 2.56. The number of ether oxygens (including phenoxy) is 1. The largest absolute Gasteiger partial charge is 0.379 e. The van der Waals surface area contributed by atoms with Gasteiger partial charge in [-0.3, -0.25) is 19.3 Å². The maximum atomic E-state index is 12.6. The second-order valence-corrected chi connectivity index (χ2v) is 7.00. The van der Waals surface area contributed by atoms with Gasteiger partial charge in [-0.05, 0) is 37.1 Å². The molecule has 2 aliphatic rings. The lowest BCUT2D eigenvalue weighted by molar-refractivity contribution is -0.134. The van der Waals surface area contributed by atoms with E-state index >= 15 is 0 Å². The number of benzene rings is 1. The third kappa shape index (κ3) is 5.05. The van der Waals surface area contributed by atoms with Crippen LogP contribution in [0.25, 0.3) is 0 Å². The van der Waals surface area contributed by atoms with Gasteiger partial charge in [0, 0.05) is 44.5 Å². The number of nitrogens with one attached hydrogen (secondary N) is 3. The highest BCUT2D eigenvalue weighted by atomic mass is 16.5. The Kier molecular flexibility index (Phi) is 6.08. The van der Waals surface area contributed by atoms with E-state index < -0.39 is 5.41 Å². The van der Waals surface area contributed by atoms with Gasteiger partial charge < -0.3 is 20.7 Å². The first-order valence-corrected chi connectivity index (χ1v) is 9.27. The van der Waals surface area contributed by atoms with Crippen molar-refractivity contribution >= 4 is 29.1 Å². The van der Waals surface area contributed by atoms with Gasteiger partial charge in [0.1, 0.15) is 5.41 Å². The molecule has 1 aromatic carbocycles. The van der Waals surface area contributed by atoms with Gasteiger partial charge in [0.15, 0.2) is 0 Å². The van der Waals surface area contributed by atoms with Crippen LogP contribution in [-0.2, 0) is 19.1 Å². The van der Waals surface area contributed by atoms with E-state index in [1.54, 1.807) is 24.3 Å². The van der Waals surface area contributed by atoms with Crippen molar-refractivity contribution < 1.29 is 19.1 Å². The van der Waals surface area contributed by atoms with Gasteiger partial charge in [-0.2, -0.15) is 0 Å². The molecular formula is C19H26N4O4. The van der Waals surface area contributed by atoms with E-state index in [-0.39, 0.29) is 17.7 Å². The molecule has 1 aliphatic heterocycles. The summed E-state index contributed by atoms with van der Waals surface area (Å²) < 4.78 is 5.30. The minimum Gasteiger partial charge on any atom is -0.379 e. The molecule has 0 spiro atoms. The minimum atomic E-state index is -0.957. The van der Waals surface area contributed by atoms with Crippen LogP contribution in [0.2, 0.25) is 0 Å². The van der Waals surface area contributed by atoms with Gasteiger partial charge in [-0.15, -0.1) is 0 Å². The zero-order valence-corrected chi connectivity index (χ0v) is 15.5. The van der Waals surface area contributed by atoms with E-state index in [0.29, 0.717) is 30.8 Å². The van der Waals surface area contributed by atoms with Crippen molar-refractivity contribution in [3.05, 3.63) is 24.3 Å². The molecule has 27 heavy (non-hydrogen) atoms. The van der Waals surface area contributed by atoms with Gasteiger partial charge in [0.05, 0.1) is 13.2 Å². The number of hydrogen-bond acceptors (Lipinski definition) is 5. The van der Waals surface area contributed by atoms with E-state index in [1.165, 1.54) is 6.92 Å². The average molecular weight is 374 g/mol. The van der Waals surface area contributed by atoms with Crippen LogP contribution in [0.4, 0.5) is 11.4 Å². The lowest BCUT2D eigenvalue weighted by Crippen LogP contribution is -2.45. The maximum absolute atomic E-state index is 12.6. The van der Waals surface area contributed by atoms with Crippen molar-refractivity contribution in [2.75, 3.05) is 50.0 Å². The molecule has 0 bridgehead atoms. The van der Waals surface area contributed by atoms with Crippen molar-refractivity contribution in [1.82, 2.24) is 10.2 Å². The molecule has 8 heteroatoms. The van der Waals surface area contributed by atoms with Crippen molar-refractivity contribution in [1.29, 1.82) is 0 Å². The molecule has 1 saturated carbocycles. The highest BCUT2D eigenvalue weighted by molar-refractivity contribution is 6.13. The van der Waals surface area contributed by atoms with Gasteiger partial charge in [-0.1, -0.05) is 0 Å². The summed E-state index contributed by atoms with van der Waals surface area (Å²) in [5, 5.41) is 8.38. The Balaban J connectivity index is 1.48. The Bertz CT molecular complexity index is 694. The van der Waals surface area contributed by atoms with Crippen LogP contribution in [0.1, 0.15) is 19.8 Å². The van der Waals surface area contributed by atoms with Crippen molar-refractivity contribution in [2.24, 2.45) is 5.41 Å². The summed E-state index contributed by atoms with van der Waals surface area (Å²) in [6.07, 6.45) is 1.12. The summed E-state index contributed by atoms with van der Waals surface area (Å²) in [4.78, 5) is 38.4. The Morgan fingerprint density at radius 3 is 2.15 bits per heavy atom. The molecule has 0 radical (unpaired) electrons. The molecule has 1 heterocycles. The summed E-state index contributed by atoms with van der Waals surface area (Å²) >= 11 is 0.